The molecule has 2 rings (SSSR count). The fourth-order valence-electron chi connectivity index (χ4n) is 2.34. The standard InChI is InChI=1S/C16H10F6O2/c17-15(18,19)11-6-9(8-13(23)24)7-12(16(20,21)22)14(11)10-4-2-1-3-5-10/h1-7H,8H2,(H,23,24). The molecule has 2 aromatic carbocycles. The molecule has 0 bridgehead atoms. The van der Waals surface area contributed by atoms with E-state index in [0.29, 0.717) is 12.1 Å². The minimum Gasteiger partial charge on any atom is -0.481 e. The van der Waals surface area contributed by atoms with Crippen molar-refractivity contribution >= 4 is 5.97 Å². The highest BCUT2D eigenvalue weighted by atomic mass is 19.4. The molecule has 0 amide bonds. The number of aliphatic carboxylic acids is 1. The number of carboxylic acids is 1. The molecule has 0 saturated carbocycles. The Morgan fingerprint density at radius 3 is 1.71 bits per heavy atom. The number of halogens is 6. The Morgan fingerprint density at radius 2 is 1.33 bits per heavy atom. The van der Waals surface area contributed by atoms with Gasteiger partial charge >= 0.3 is 18.3 Å². The van der Waals surface area contributed by atoms with Gasteiger partial charge in [0.05, 0.1) is 17.5 Å². The van der Waals surface area contributed by atoms with Crippen molar-refractivity contribution < 1.29 is 36.2 Å². The van der Waals surface area contributed by atoms with E-state index in [1.165, 1.54) is 18.2 Å². The molecule has 0 heterocycles. The van der Waals surface area contributed by atoms with Crippen molar-refractivity contribution in [1.29, 1.82) is 0 Å². The first-order valence-electron chi connectivity index (χ1n) is 6.58. The molecule has 2 aromatic rings. The molecular formula is C16H10F6O2. The zero-order valence-corrected chi connectivity index (χ0v) is 11.9. The van der Waals surface area contributed by atoms with Crippen molar-refractivity contribution in [2.45, 2.75) is 18.8 Å². The molecule has 128 valence electrons. The Kier molecular flexibility index (Phi) is 4.59. The summed E-state index contributed by atoms with van der Waals surface area (Å²) in [4.78, 5) is 10.7. The normalized spacial score (nSPS) is 12.2. The van der Waals surface area contributed by atoms with Crippen LogP contribution in [0.5, 0.6) is 0 Å². The zero-order valence-electron chi connectivity index (χ0n) is 11.9. The third-order valence-electron chi connectivity index (χ3n) is 3.23. The van der Waals surface area contributed by atoms with Crippen LogP contribution in [0.15, 0.2) is 42.5 Å². The van der Waals surface area contributed by atoms with Crippen molar-refractivity contribution in [3.63, 3.8) is 0 Å². The molecule has 0 saturated heterocycles. The molecule has 0 unspecified atom stereocenters. The molecule has 0 spiro atoms. The van der Waals surface area contributed by atoms with E-state index in [1.807, 2.05) is 0 Å². The summed E-state index contributed by atoms with van der Waals surface area (Å²) in [5, 5.41) is 8.68. The summed E-state index contributed by atoms with van der Waals surface area (Å²) in [6, 6.07) is 7.27. The van der Waals surface area contributed by atoms with Crippen LogP contribution < -0.4 is 0 Å². The fourth-order valence-corrected chi connectivity index (χ4v) is 2.34. The first-order valence-corrected chi connectivity index (χ1v) is 6.58. The van der Waals surface area contributed by atoms with Gasteiger partial charge in [-0.15, -0.1) is 0 Å². The van der Waals surface area contributed by atoms with Crippen LogP contribution in [0.4, 0.5) is 26.3 Å². The first-order chi connectivity index (χ1) is 11.0. The summed E-state index contributed by atoms with van der Waals surface area (Å²) < 4.78 is 79.8. The average Bonchev–Trinajstić information content (AvgIpc) is 2.45. The second-order valence-electron chi connectivity index (χ2n) is 5.00. The Bertz CT molecular complexity index is 712. The largest absolute Gasteiger partial charge is 0.481 e. The third-order valence-corrected chi connectivity index (χ3v) is 3.23. The summed E-state index contributed by atoms with van der Waals surface area (Å²) in [6.45, 7) is 0. The van der Waals surface area contributed by atoms with Gasteiger partial charge in [0.25, 0.3) is 0 Å². The van der Waals surface area contributed by atoms with Gasteiger partial charge in [-0.05, 0) is 23.3 Å². The zero-order chi connectivity index (χ0) is 18.1. The number of carboxylic acid groups (broad SMARTS) is 1. The fraction of sp³-hybridized carbons (Fsp3) is 0.188. The van der Waals surface area contributed by atoms with Gasteiger partial charge in [0.1, 0.15) is 0 Å². The summed E-state index contributed by atoms with van der Waals surface area (Å²) in [5.41, 5.74) is -4.86. The quantitative estimate of drug-likeness (QED) is 0.791. The highest BCUT2D eigenvalue weighted by molar-refractivity contribution is 5.75. The molecule has 8 heteroatoms. The lowest BCUT2D eigenvalue weighted by Gasteiger charge is -2.20. The van der Waals surface area contributed by atoms with Gasteiger partial charge in [0, 0.05) is 5.56 Å². The van der Waals surface area contributed by atoms with E-state index in [1.54, 1.807) is 0 Å². The number of alkyl halides is 6. The number of rotatable bonds is 3. The molecule has 1 N–H and O–H groups in total. The van der Waals surface area contributed by atoms with Gasteiger partial charge < -0.3 is 5.11 Å². The van der Waals surface area contributed by atoms with Crippen LogP contribution in [0, 0.1) is 0 Å². The monoisotopic (exact) mass is 348 g/mol. The molecule has 0 aliphatic heterocycles. The van der Waals surface area contributed by atoms with E-state index >= 15 is 0 Å². The molecular weight excluding hydrogens is 338 g/mol. The van der Waals surface area contributed by atoms with E-state index in [2.05, 4.69) is 0 Å². The number of hydrogen-bond acceptors (Lipinski definition) is 1. The van der Waals surface area contributed by atoms with Gasteiger partial charge in [0.2, 0.25) is 0 Å². The predicted molar refractivity (Wildman–Crippen MR) is 73.2 cm³/mol. The van der Waals surface area contributed by atoms with E-state index in [4.69, 9.17) is 5.11 Å². The van der Waals surface area contributed by atoms with Crippen LogP contribution in [0.25, 0.3) is 11.1 Å². The molecule has 0 aromatic heterocycles. The van der Waals surface area contributed by atoms with Gasteiger partial charge in [-0.25, -0.2) is 0 Å². The van der Waals surface area contributed by atoms with Crippen molar-refractivity contribution in [3.8, 4) is 11.1 Å². The second kappa shape index (κ2) is 6.18. The van der Waals surface area contributed by atoms with Crippen LogP contribution in [0.3, 0.4) is 0 Å². The maximum atomic E-state index is 13.3. The SMILES string of the molecule is O=C(O)Cc1cc(C(F)(F)F)c(-c2ccccc2)c(C(F)(F)F)c1. The molecule has 2 nitrogen and oxygen atoms in total. The highest BCUT2D eigenvalue weighted by Gasteiger charge is 2.41. The topological polar surface area (TPSA) is 37.3 Å². The Balaban J connectivity index is 2.86. The van der Waals surface area contributed by atoms with Gasteiger partial charge in [-0.3, -0.25) is 4.79 Å². The third kappa shape index (κ3) is 3.87. The minimum absolute atomic E-state index is 0.251. The summed E-state index contributed by atoms with van der Waals surface area (Å²) in [5.74, 6) is -1.52. The smallest absolute Gasteiger partial charge is 0.417 e. The minimum atomic E-state index is -5.07. The number of carbonyl (C=O) groups is 1. The maximum Gasteiger partial charge on any atom is 0.417 e. The van der Waals surface area contributed by atoms with Crippen LogP contribution >= 0.6 is 0 Å². The second-order valence-corrected chi connectivity index (χ2v) is 5.00. The van der Waals surface area contributed by atoms with Gasteiger partial charge in [-0.2, -0.15) is 26.3 Å². The summed E-state index contributed by atoms with van der Waals surface area (Å²) >= 11 is 0. The lowest BCUT2D eigenvalue weighted by molar-refractivity contribution is -0.143. The van der Waals surface area contributed by atoms with E-state index in [9.17, 15) is 31.1 Å². The first kappa shape index (κ1) is 17.8. The molecule has 0 aliphatic carbocycles. The maximum absolute atomic E-state index is 13.3. The Morgan fingerprint density at radius 1 is 0.875 bits per heavy atom. The Hall–Kier alpha value is -2.51. The molecule has 0 radical (unpaired) electrons. The lowest BCUT2D eigenvalue weighted by atomic mass is 9.90. The Labute approximate surface area is 132 Å². The summed E-state index contributed by atoms with van der Waals surface area (Å²) in [7, 11) is 0. The molecule has 0 aliphatic rings. The predicted octanol–water partition coefficient (Wildman–Crippen LogP) is 5.02. The van der Waals surface area contributed by atoms with Gasteiger partial charge in [0.15, 0.2) is 0 Å². The van der Waals surface area contributed by atoms with E-state index in [0.717, 1.165) is 12.1 Å². The van der Waals surface area contributed by atoms with Crippen molar-refractivity contribution in [2.24, 2.45) is 0 Å². The van der Waals surface area contributed by atoms with E-state index < -0.39 is 47.0 Å². The molecule has 0 atom stereocenters. The van der Waals surface area contributed by atoms with Crippen LogP contribution in [-0.4, -0.2) is 11.1 Å². The van der Waals surface area contributed by atoms with Crippen molar-refractivity contribution in [3.05, 3.63) is 59.2 Å². The van der Waals surface area contributed by atoms with Crippen LogP contribution in [0.2, 0.25) is 0 Å². The highest BCUT2D eigenvalue weighted by Crippen LogP contribution is 2.45. The van der Waals surface area contributed by atoms with Crippen molar-refractivity contribution in [2.75, 3.05) is 0 Å². The molecule has 0 fully saturated rings. The van der Waals surface area contributed by atoms with Crippen LogP contribution in [-0.2, 0) is 23.6 Å². The lowest BCUT2D eigenvalue weighted by Crippen LogP contribution is -2.16. The van der Waals surface area contributed by atoms with Crippen LogP contribution in [0.1, 0.15) is 16.7 Å². The summed E-state index contributed by atoms with van der Waals surface area (Å²) in [6.07, 6.45) is -11.1. The average molecular weight is 348 g/mol. The van der Waals surface area contributed by atoms with Gasteiger partial charge in [-0.1, -0.05) is 30.3 Å². The van der Waals surface area contributed by atoms with Crippen molar-refractivity contribution in [1.82, 2.24) is 0 Å². The molecule has 24 heavy (non-hydrogen) atoms. The number of hydrogen-bond donors (Lipinski definition) is 1. The van der Waals surface area contributed by atoms with E-state index in [-0.39, 0.29) is 5.56 Å². The number of benzene rings is 2.